The van der Waals surface area contributed by atoms with Crippen LogP contribution in [0.4, 0.5) is 0 Å². The molecule has 2 aromatic heterocycles. The molecule has 0 fully saturated rings. The molecule has 1 aromatic carbocycles. The van der Waals surface area contributed by atoms with Crippen molar-refractivity contribution in [2.75, 3.05) is 13.4 Å². The first-order chi connectivity index (χ1) is 15.9. The summed E-state index contributed by atoms with van der Waals surface area (Å²) in [6, 6.07) is 6.45. The van der Waals surface area contributed by atoms with Crippen LogP contribution in [0.1, 0.15) is 31.2 Å². The molecule has 3 aromatic rings. The summed E-state index contributed by atoms with van der Waals surface area (Å²) in [5, 5.41) is 0. The fourth-order valence-corrected chi connectivity index (χ4v) is 5.50. The molecule has 8 nitrogen and oxygen atoms in total. The maximum atomic E-state index is 13.6. The van der Waals surface area contributed by atoms with Gasteiger partial charge in [0.05, 0.1) is 32.9 Å². The molecule has 33 heavy (non-hydrogen) atoms. The summed E-state index contributed by atoms with van der Waals surface area (Å²) in [7, 11) is 0. The Hall–Kier alpha value is -2.38. The van der Waals surface area contributed by atoms with E-state index in [1.54, 1.807) is 38.1 Å². The number of benzene rings is 1. The second-order valence-electron chi connectivity index (χ2n) is 7.19. The lowest BCUT2D eigenvalue weighted by Crippen LogP contribution is -2.39. The number of carbonyl (C=O) groups is 1. The molecule has 0 bridgehead atoms. The normalized spacial score (nSPS) is 17.2. The van der Waals surface area contributed by atoms with Crippen molar-refractivity contribution < 1.29 is 23.4 Å². The largest absolute Gasteiger partial charge is 0.463 e. The Balaban J connectivity index is 1.73. The maximum Gasteiger partial charge on any atom is 0.338 e. The molecule has 0 saturated heterocycles. The quantitative estimate of drug-likeness (QED) is 0.320. The van der Waals surface area contributed by atoms with Gasteiger partial charge in [0.2, 0.25) is 6.79 Å². The summed E-state index contributed by atoms with van der Waals surface area (Å²) in [6.07, 6.45) is 1.68. The number of fused-ring (bicyclic) bond motifs is 2. The Morgan fingerprint density at radius 2 is 2.15 bits per heavy atom. The molecule has 5 rings (SSSR count). The molecule has 0 aliphatic carbocycles. The Labute approximate surface area is 213 Å². The first-order valence-electron chi connectivity index (χ1n) is 9.91. The van der Waals surface area contributed by atoms with Crippen molar-refractivity contribution in [1.29, 1.82) is 0 Å². The zero-order valence-corrected chi connectivity index (χ0v) is 21.9. The van der Waals surface area contributed by atoms with E-state index in [1.165, 1.54) is 15.9 Å². The minimum absolute atomic E-state index is 0.124. The van der Waals surface area contributed by atoms with E-state index in [0.717, 1.165) is 4.47 Å². The Morgan fingerprint density at radius 3 is 2.88 bits per heavy atom. The van der Waals surface area contributed by atoms with Crippen LogP contribution in [-0.4, -0.2) is 23.9 Å². The highest BCUT2D eigenvalue weighted by Gasteiger charge is 2.34. The standard InChI is InChI=1S/C22H16BrIN2O6S/c1-3-29-21(28)17-10(2)25-22-26(18(17)11-4-5-14-15(6-11)31-9-30-14)20(27)16(33-22)8-12-7-13(23)19(24)32-12/h4-8,18H,3,9H2,1-2H3/b16-8+/t18-/m1/s1. The number of aromatic nitrogens is 1. The van der Waals surface area contributed by atoms with Gasteiger partial charge in [-0.15, -0.1) is 0 Å². The zero-order valence-electron chi connectivity index (χ0n) is 17.4. The average Bonchev–Trinajstić information content (AvgIpc) is 3.45. The summed E-state index contributed by atoms with van der Waals surface area (Å²) >= 11 is 6.72. The fourth-order valence-electron chi connectivity index (χ4n) is 3.75. The average molecular weight is 643 g/mol. The molecule has 11 heteroatoms. The van der Waals surface area contributed by atoms with E-state index >= 15 is 0 Å². The highest BCUT2D eigenvalue weighted by Crippen LogP contribution is 2.38. The predicted molar refractivity (Wildman–Crippen MR) is 132 cm³/mol. The van der Waals surface area contributed by atoms with E-state index in [0.29, 0.717) is 47.2 Å². The highest BCUT2D eigenvalue weighted by molar-refractivity contribution is 14.1. The first kappa shape index (κ1) is 22.4. The minimum atomic E-state index is -0.722. The second kappa shape index (κ2) is 8.76. The Morgan fingerprint density at radius 1 is 1.36 bits per heavy atom. The van der Waals surface area contributed by atoms with E-state index in [9.17, 15) is 9.59 Å². The number of halogens is 2. The van der Waals surface area contributed by atoms with Crippen LogP contribution in [0.15, 0.2) is 54.2 Å². The molecule has 0 saturated carbocycles. The third-order valence-corrected chi connectivity index (χ3v) is 8.28. The number of nitrogens with zero attached hydrogens (tertiary/aromatic N) is 2. The van der Waals surface area contributed by atoms with Gasteiger partial charge in [-0.3, -0.25) is 9.36 Å². The van der Waals surface area contributed by atoms with Gasteiger partial charge in [-0.1, -0.05) is 17.4 Å². The summed E-state index contributed by atoms with van der Waals surface area (Å²) in [5.74, 6) is 1.20. The van der Waals surface area contributed by atoms with Crippen molar-refractivity contribution in [3.8, 4) is 11.5 Å². The van der Waals surface area contributed by atoms with Crippen LogP contribution in [0.25, 0.3) is 6.08 Å². The molecule has 0 amide bonds. The second-order valence-corrected chi connectivity index (χ2v) is 10.0. The number of hydrogen-bond donors (Lipinski definition) is 0. The number of thiazole rings is 1. The van der Waals surface area contributed by atoms with Crippen LogP contribution in [0, 0.1) is 3.77 Å². The maximum absolute atomic E-state index is 13.6. The van der Waals surface area contributed by atoms with Gasteiger partial charge in [0.1, 0.15) is 5.76 Å². The number of allylic oxidation sites excluding steroid dienone is 1. The molecule has 1 atom stereocenters. The molecule has 0 spiro atoms. The zero-order chi connectivity index (χ0) is 23.3. The third kappa shape index (κ3) is 3.95. The Kier molecular flexibility index (Phi) is 5.95. The van der Waals surface area contributed by atoms with Gasteiger partial charge in [-0.05, 0) is 53.5 Å². The smallest absolute Gasteiger partial charge is 0.338 e. The molecule has 4 heterocycles. The minimum Gasteiger partial charge on any atom is -0.463 e. The molecule has 0 N–H and O–H groups in total. The van der Waals surface area contributed by atoms with Crippen molar-refractivity contribution >= 4 is 61.9 Å². The monoisotopic (exact) mass is 642 g/mol. The number of rotatable bonds is 4. The van der Waals surface area contributed by atoms with Crippen LogP contribution in [0.3, 0.4) is 0 Å². The lowest BCUT2D eigenvalue weighted by molar-refractivity contribution is -0.139. The van der Waals surface area contributed by atoms with Crippen LogP contribution >= 0.6 is 49.9 Å². The SMILES string of the molecule is CCOC(=O)C1=C(C)N=c2s/c(=C/c3cc(Br)c(I)o3)c(=O)n2[C@@H]1c1ccc2c(c1)OCO2. The lowest BCUT2D eigenvalue weighted by atomic mass is 9.95. The van der Waals surface area contributed by atoms with Crippen molar-refractivity contribution in [3.63, 3.8) is 0 Å². The molecule has 0 unspecified atom stereocenters. The first-order valence-corrected chi connectivity index (χ1v) is 12.6. The number of esters is 1. The number of hydrogen-bond acceptors (Lipinski definition) is 8. The van der Waals surface area contributed by atoms with E-state index in [-0.39, 0.29) is 19.0 Å². The number of carbonyl (C=O) groups excluding carboxylic acids is 1. The van der Waals surface area contributed by atoms with Crippen molar-refractivity contribution in [1.82, 2.24) is 4.57 Å². The van der Waals surface area contributed by atoms with Crippen LogP contribution in [0.2, 0.25) is 0 Å². The predicted octanol–water partition coefficient (Wildman–Crippen LogP) is 3.49. The van der Waals surface area contributed by atoms with E-state index < -0.39 is 12.0 Å². The fraction of sp³-hybridized carbons (Fsp3) is 0.227. The topological polar surface area (TPSA) is 92.3 Å². The molecule has 0 radical (unpaired) electrons. The number of ether oxygens (including phenoxy) is 3. The van der Waals surface area contributed by atoms with Crippen LogP contribution in [0.5, 0.6) is 11.5 Å². The van der Waals surface area contributed by atoms with Crippen molar-refractivity contribution in [2.24, 2.45) is 4.99 Å². The van der Waals surface area contributed by atoms with E-state index in [4.69, 9.17) is 18.6 Å². The van der Waals surface area contributed by atoms with E-state index in [1.807, 2.05) is 6.07 Å². The van der Waals surface area contributed by atoms with Crippen LogP contribution < -0.4 is 24.4 Å². The lowest BCUT2D eigenvalue weighted by Gasteiger charge is -2.24. The van der Waals surface area contributed by atoms with Crippen LogP contribution in [-0.2, 0) is 9.53 Å². The molecule has 170 valence electrons. The van der Waals surface area contributed by atoms with E-state index in [2.05, 4.69) is 43.5 Å². The van der Waals surface area contributed by atoms with Crippen molar-refractivity contribution in [3.05, 3.63) is 74.8 Å². The van der Waals surface area contributed by atoms with Gasteiger partial charge in [0.15, 0.2) is 20.1 Å². The molecule has 2 aliphatic rings. The summed E-state index contributed by atoms with van der Waals surface area (Å²) < 4.78 is 25.4. The molecular formula is C22H16BrIN2O6S. The summed E-state index contributed by atoms with van der Waals surface area (Å²) in [5.41, 5.74) is 1.22. The van der Waals surface area contributed by atoms with Gasteiger partial charge >= 0.3 is 5.97 Å². The highest BCUT2D eigenvalue weighted by atomic mass is 127. The van der Waals surface area contributed by atoms with Crippen molar-refractivity contribution in [2.45, 2.75) is 19.9 Å². The molecular weight excluding hydrogens is 627 g/mol. The molecule has 2 aliphatic heterocycles. The Bertz CT molecular complexity index is 1480. The third-order valence-electron chi connectivity index (χ3n) is 5.17. The van der Waals surface area contributed by atoms with Gasteiger partial charge in [0, 0.05) is 28.7 Å². The number of furan rings is 1. The van der Waals surface area contributed by atoms with Gasteiger partial charge < -0.3 is 18.6 Å². The van der Waals surface area contributed by atoms with Gasteiger partial charge in [0.25, 0.3) is 5.56 Å². The summed E-state index contributed by atoms with van der Waals surface area (Å²) in [4.78, 5) is 31.6. The van der Waals surface area contributed by atoms with Gasteiger partial charge in [-0.25, -0.2) is 9.79 Å². The summed E-state index contributed by atoms with van der Waals surface area (Å²) in [6.45, 7) is 3.81. The van der Waals surface area contributed by atoms with Gasteiger partial charge in [-0.2, -0.15) is 0 Å².